The van der Waals surface area contributed by atoms with Gasteiger partial charge in [0.1, 0.15) is 5.25 Å². The fraction of sp³-hybridized carbons (Fsp3) is 0.304. The van der Waals surface area contributed by atoms with Crippen molar-refractivity contribution in [3.63, 3.8) is 0 Å². The lowest BCUT2D eigenvalue weighted by Crippen LogP contribution is -2.33. The van der Waals surface area contributed by atoms with Crippen LogP contribution in [0, 0.1) is 10.1 Å². The third-order valence-corrected chi connectivity index (χ3v) is 6.69. The molecule has 3 amide bonds. The second kappa shape index (κ2) is 10.5. The number of nitro benzene ring substituents is 1. The van der Waals surface area contributed by atoms with E-state index in [0.29, 0.717) is 22.1 Å². The van der Waals surface area contributed by atoms with Gasteiger partial charge in [0, 0.05) is 48.6 Å². The molecule has 34 heavy (non-hydrogen) atoms. The molecule has 2 N–H and O–H groups in total. The number of piperidine rings is 1. The summed E-state index contributed by atoms with van der Waals surface area (Å²) in [6, 6.07) is 11.9. The molecular formula is C23H23N5O5S. The van der Waals surface area contributed by atoms with E-state index in [4.69, 9.17) is 0 Å². The van der Waals surface area contributed by atoms with Gasteiger partial charge in [-0.2, -0.15) is 4.99 Å². The summed E-state index contributed by atoms with van der Waals surface area (Å²) in [5, 5.41) is 16.4. The van der Waals surface area contributed by atoms with Gasteiger partial charge in [-0.25, -0.2) is 0 Å². The van der Waals surface area contributed by atoms with Crippen molar-refractivity contribution in [1.29, 1.82) is 0 Å². The van der Waals surface area contributed by atoms with Crippen molar-refractivity contribution in [2.45, 2.75) is 30.9 Å². The van der Waals surface area contributed by atoms with Gasteiger partial charge in [-0.1, -0.05) is 17.8 Å². The molecule has 2 aromatic carbocycles. The Kier molecular flexibility index (Phi) is 7.21. The standard InChI is InChI=1S/C23H23N5O5S/c29-20(14-19-22(31)26-23(34-19)27-11-2-1-3-12-27)24-16-9-7-15(8-10-16)21(30)25-17-5-4-6-18(13-17)28(32)33/h4-10,13,19H,1-3,11-12,14H2,(H,24,29)(H,25,30). The maximum atomic E-state index is 12.5. The minimum atomic E-state index is -0.536. The second-order valence-electron chi connectivity index (χ2n) is 7.98. The predicted octanol–water partition coefficient (Wildman–Crippen LogP) is 3.66. The van der Waals surface area contributed by atoms with Gasteiger partial charge in [0.15, 0.2) is 5.17 Å². The molecule has 0 radical (unpaired) electrons. The number of hydrogen-bond acceptors (Lipinski definition) is 7. The highest BCUT2D eigenvalue weighted by Crippen LogP contribution is 2.29. The number of benzene rings is 2. The Morgan fingerprint density at radius 3 is 2.50 bits per heavy atom. The predicted molar refractivity (Wildman–Crippen MR) is 130 cm³/mol. The van der Waals surface area contributed by atoms with Crippen LogP contribution in [0.5, 0.6) is 0 Å². The monoisotopic (exact) mass is 481 g/mol. The smallest absolute Gasteiger partial charge is 0.271 e. The molecule has 176 valence electrons. The van der Waals surface area contributed by atoms with E-state index in [1.807, 2.05) is 0 Å². The zero-order valence-electron chi connectivity index (χ0n) is 18.2. The maximum absolute atomic E-state index is 12.5. The Bertz CT molecular complexity index is 1140. The number of likely N-dealkylation sites (tertiary alicyclic amines) is 1. The van der Waals surface area contributed by atoms with Gasteiger partial charge < -0.3 is 15.5 Å². The van der Waals surface area contributed by atoms with Crippen LogP contribution >= 0.6 is 11.8 Å². The molecule has 0 saturated carbocycles. The van der Waals surface area contributed by atoms with Crippen molar-refractivity contribution in [3.8, 4) is 0 Å². The first-order valence-corrected chi connectivity index (χ1v) is 11.8. The zero-order valence-corrected chi connectivity index (χ0v) is 19.0. The van der Waals surface area contributed by atoms with Crippen LogP contribution in [0.4, 0.5) is 17.1 Å². The third kappa shape index (κ3) is 5.79. The summed E-state index contributed by atoms with van der Waals surface area (Å²) in [6.45, 7) is 1.78. The number of nitrogens with zero attached hydrogens (tertiary/aromatic N) is 3. The van der Waals surface area contributed by atoms with Gasteiger partial charge in [-0.05, 0) is 49.6 Å². The molecule has 1 fully saturated rings. The van der Waals surface area contributed by atoms with Crippen molar-refractivity contribution in [3.05, 3.63) is 64.2 Å². The van der Waals surface area contributed by atoms with Crippen LogP contribution in [-0.2, 0) is 9.59 Å². The number of nitro groups is 1. The Morgan fingerprint density at radius 1 is 1.06 bits per heavy atom. The molecule has 11 heteroatoms. The molecule has 1 atom stereocenters. The average molecular weight is 482 g/mol. The van der Waals surface area contributed by atoms with E-state index >= 15 is 0 Å². The summed E-state index contributed by atoms with van der Waals surface area (Å²) in [5.41, 5.74) is 1.000. The molecule has 2 aromatic rings. The number of rotatable bonds is 6. The Labute approximate surface area is 200 Å². The molecule has 1 saturated heterocycles. The van der Waals surface area contributed by atoms with Crippen LogP contribution in [0.2, 0.25) is 0 Å². The molecule has 0 bridgehead atoms. The summed E-state index contributed by atoms with van der Waals surface area (Å²) < 4.78 is 0. The van der Waals surface area contributed by atoms with Crippen molar-refractivity contribution in [2.24, 2.45) is 4.99 Å². The highest BCUT2D eigenvalue weighted by atomic mass is 32.2. The van der Waals surface area contributed by atoms with Crippen molar-refractivity contribution < 1.29 is 19.3 Å². The molecular weight excluding hydrogens is 458 g/mol. The van der Waals surface area contributed by atoms with Gasteiger partial charge >= 0.3 is 0 Å². The number of carbonyl (C=O) groups excluding carboxylic acids is 3. The van der Waals surface area contributed by atoms with E-state index in [1.165, 1.54) is 48.5 Å². The van der Waals surface area contributed by atoms with E-state index < -0.39 is 16.1 Å². The summed E-state index contributed by atoms with van der Waals surface area (Å²) in [6.07, 6.45) is 3.36. The van der Waals surface area contributed by atoms with Crippen molar-refractivity contribution in [1.82, 2.24) is 4.90 Å². The average Bonchev–Trinajstić information content (AvgIpc) is 3.20. The maximum Gasteiger partial charge on any atom is 0.271 e. The Hall–Kier alpha value is -3.73. The van der Waals surface area contributed by atoms with E-state index in [2.05, 4.69) is 20.5 Å². The molecule has 1 unspecified atom stereocenters. The fourth-order valence-corrected chi connectivity index (χ4v) is 4.83. The molecule has 4 rings (SSSR count). The number of thioether (sulfide) groups is 1. The SMILES string of the molecule is O=C(CC1SC(N2CCCCC2)=NC1=O)Nc1ccc(C(=O)Nc2cccc([N+](=O)[O-])c2)cc1. The molecule has 0 aliphatic carbocycles. The number of non-ortho nitro benzene ring substituents is 1. The van der Waals surface area contributed by atoms with Crippen LogP contribution in [0.25, 0.3) is 0 Å². The number of hydrogen-bond donors (Lipinski definition) is 2. The van der Waals surface area contributed by atoms with Gasteiger partial charge in [-0.15, -0.1) is 0 Å². The summed E-state index contributed by atoms with van der Waals surface area (Å²) in [4.78, 5) is 53.7. The van der Waals surface area contributed by atoms with Crippen molar-refractivity contribution >= 4 is 51.7 Å². The zero-order chi connectivity index (χ0) is 24.1. The summed E-state index contributed by atoms with van der Waals surface area (Å²) in [5.74, 6) is -1.03. The fourth-order valence-electron chi connectivity index (χ4n) is 3.72. The number of nitrogens with one attached hydrogen (secondary N) is 2. The number of aliphatic imine (C=N–C) groups is 1. The van der Waals surface area contributed by atoms with Crippen molar-refractivity contribution in [2.75, 3.05) is 23.7 Å². The number of amides is 3. The lowest BCUT2D eigenvalue weighted by Gasteiger charge is -2.27. The first kappa shape index (κ1) is 23.4. The summed E-state index contributed by atoms with van der Waals surface area (Å²) >= 11 is 1.34. The lowest BCUT2D eigenvalue weighted by molar-refractivity contribution is -0.384. The highest BCUT2D eigenvalue weighted by Gasteiger charge is 2.33. The topological polar surface area (TPSA) is 134 Å². The van der Waals surface area contributed by atoms with E-state index in [9.17, 15) is 24.5 Å². The molecule has 2 aliphatic heterocycles. The van der Waals surface area contributed by atoms with Crippen LogP contribution in [0.3, 0.4) is 0 Å². The molecule has 10 nitrogen and oxygen atoms in total. The van der Waals surface area contributed by atoms with Crippen LogP contribution in [-0.4, -0.2) is 51.1 Å². The van der Waals surface area contributed by atoms with Crippen LogP contribution < -0.4 is 10.6 Å². The van der Waals surface area contributed by atoms with E-state index in [-0.39, 0.29) is 23.9 Å². The Morgan fingerprint density at radius 2 is 1.79 bits per heavy atom. The lowest BCUT2D eigenvalue weighted by atomic mass is 10.1. The number of amidine groups is 1. The second-order valence-corrected chi connectivity index (χ2v) is 9.15. The van der Waals surface area contributed by atoms with Gasteiger partial charge in [0.05, 0.1) is 4.92 Å². The first-order valence-electron chi connectivity index (χ1n) is 10.9. The summed E-state index contributed by atoms with van der Waals surface area (Å²) in [7, 11) is 0. The minimum Gasteiger partial charge on any atom is -0.351 e. The molecule has 0 aromatic heterocycles. The quantitative estimate of drug-likeness (QED) is 0.475. The third-order valence-electron chi connectivity index (χ3n) is 5.47. The normalized spacial score (nSPS) is 17.8. The van der Waals surface area contributed by atoms with Crippen LogP contribution in [0.1, 0.15) is 36.0 Å². The van der Waals surface area contributed by atoms with Gasteiger partial charge in [0.2, 0.25) is 5.91 Å². The molecule has 0 spiro atoms. The van der Waals surface area contributed by atoms with Crippen LogP contribution in [0.15, 0.2) is 53.5 Å². The molecule has 2 aliphatic rings. The van der Waals surface area contributed by atoms with E-state index in [0.717, 1.165) is 25.9 Å². The largest absolute Gasteiger partial charge is 0.351 e. The van der Waals surface area contributed by atoms with Gasteiger partial charge in [-0.3, -0.25) is 24.5 Å². The first-order chi connectivity index (χ1) is 16.4. The van der Waals surface area contributed by atoms with Gasteiger partial charge in [0.25, 0.3) is 17.5 Å². The minimum absolute atomic E-state index is 0.0133. The number of carbonyl (C=O) groups is 3. The van der Waals surface area contributed by atoms with E-state index in [1.54, 1.807) is 18.2 Å². The number of anilines is 2. The Balaban J connectivity index is 1.29. The molecule has 2 heterocycles. The highest BCUT2D eigenvalue weighted by molar-refractivity contribution is 8.15.